The van der Waals surface area contributed by atoms with Crippen LogP contribution in [0.3, 0.4) is 0 Å². The first-order valence-electron chi connectivity index (χ1n) is 8.24. The van der Waals surface area contributed by atoms with Crippen molar-refractivity contribution in [2.45, 2.75) is 26.8 Å². The minimum atomic E-state index is -0.289. The zero-order chi connectivity index (χ0) is 17.1. The number of nitrogens with one attached hydrogen (secondary N) is 1. The summed E-state index contributed by atoms with van der Waals surface area (Å²) in [5.41, 5.74) is 4.28. The molecule has 0 aromatic heterocycles. The molecule has 3 rings (SSSR count). The van der Waals surface area contributed by atoms with E-state index in [9.17, 15) is 9.59 Å². The lowest BCUT2D eigenvalue weighted by atomic mass is 10.1. The van der Waals surface area contributed by atoms with E-state index in [1.54, 1.807) is 4.90 Å². The monoisotopic (exact) mass is 322 g/mol. The lowest BCUT2D eigenvalue weighted by Crippen LogP contribution is -2.32. The number of rotatable bonds is 4. The molecule has 1 heterocycles. The van der Waals surface area contributed by atoms with E-state index < -0.39 is 0 Å². The van der Waals surface area contributed by atoms with E-state index in [0.29, 0.717) is 13.1 Å². The number of anilines is 1. The standard InChI is InChI=1S/C20H22N2O2/c1-14-8-9-18(10-15(14)2)22-13-17(11-19(22)23)20(24)21-12-16-6-4-3-5-7-16/h3-10,17H,11-13H2,1-2H3,(H,21,24)/t17-/m0/s1. The summed E-state index contributed by atoms with van der Waals surface area (Å²) >= 11 is 0. The molecule has 0 saturated carbocycles. The molecule has 2 aromatic carbocycles. The fraction of sp³-hybridized carbons (Fsp3) is 0.300. The first-order valence-corrected chi connectivity index (χ1v) is 8.24. The van der Waals surface area contributed by atoms with Gasteiger partial charge in [0, 0.05) is 25.2 Å². The molecule has 2 aromatic rings. The van der Waals surface area contributed by atoms with Crippen LogP contribution in [0, 0.1) is 19.8 Å². The van der Waals surface area contributed by atoms with Crippen LogP contribution in [0.5, 0.6) is 0 Å². The molecular formula is C20H22N2O2. The molecule has 0 bridgehead atoms. The van der Waals surface area contributed by atoms with Crippen LogP contribution in [0.4, 0.5) is 5.69 Å². The van der Waals surface area contributed by atoms with Gasteiger partial charge in [0.25, 0.3) is 0 Å². The smallest absolute Gasteiger partial charge is 0.227 e. The van der Waals surface area contributed by atoms with Gasteiger partial charge in [-0.25, -0.2) is 0 Å². The summed E-state index contributed by atoms with van der Waals surface area (Å²) in [4.78, 5) is 26.4. The molecule has 0 spiro atoms. The lowest BCUT2D eigenvalue weighted by molar-refractivity contribution is -0.126. The second-order valence-electron chi connectivity index (χ2n) is 6.38. The highest BCUT2D eigenvalue weighted by atomic mass is 16.2. The van der Waals surface area contributed by atoms with Crippen molar-refractivity contribution in [3.63, 3.8) is 0 Å². The Morgan fingerprint density at radius 1 is 1.12 bits per heavy atom. The topological polar surface area (TPSA) is 49.4 Å². The van der Waals surface area contributed by atoms with E-state index in [4.69, 9.17) is 0 Å². The van der Waals surface area contributed by atoms with Gasteiger partial charge in [0.1, 0.15) is 0 Å². The molecule has 4 nitrogen and oxygen atoms in total. The predicted molar refractivity (Wildman–Crippen MR) is 94.7 cm³/mol. The summed E-state index contributed by atoms with van der Waals surface area (Å²) < 4.78 is 0. The van der Waals surface area contributed by atoms with Gasteiger partial charge >= 0.3 is 0 Å². The third kappa shape index (κ3) is 3.48. The quantitative estimate of drug-likeness (QED) is 0.941. The molecule has 2 amide bonds. The fourth-order valence-corrected chi connectivity index (χ4v) is 2.96. The van der Waals surface area contributed by atoms with Gasteiger partial charge < -0.3 is 10.2 Å². The Kier molecular flexibility index (Phi) is 4.65. The Hall–Kier alpha value is -2.62. The van der Waals surface area contributed by atoms with Gasteiger partial charge in [0.05, 0.1) is 5.92 Å². The van der Waals surface area contributed by atoms with Crippen molar-refractivity contribution in [3.05, 3.63) is 65.2 Å². The normalized spacial score (nSPS) is 17.2. The summed E-state index contributed by atoms with van der Waals surface area (Å²) in [6.45, 7) is 5.02. The Morgan fingerprint density at radius 3 is 2.58 bits per heavy atom. The van der Waals surface area contributed by atoms with E-state index in [1.807, 2.05) is 62.4 Å². The minimum Gasteiger partial charge on any atom is -0.352 e. The van der Waals surface area contributed by atoms with Gasteiger partial charge in [-0.05, 0) is 42.7 Å². The fourth-order valence-electron chi connectivity index (χ4n) is 2.96. The molecule has 0 radical (unpaired) electrons. The average molecular weight is 322 g/mol. The van der Waals surface area contributed by atoms with Gasteiger partial charge in [-0.2, -0.15) is 0 Å². The summed E-state index contributed by atoms with van der Waals surface area (Å²) in [7, 11) is 0. The number of aryl methyl sites for hydroxylation is 2. The van der Waals surface area contributed by atoms with E-state index in [0.717, 1.165) is 16.8 Å². The molecular weight excluding hydrogens is 300 g/mol. The molecule has 1 saturated heterocycles. The summed E-state index contributed by atoms with van der Waals surface area (Å²) in [6, 6.07) is 15.8. The van der Waals surface area contributed by atoms with Gasteiger partial charge in [-0.1, -0.05) is 36.4 Å². The van der Waals surface area contributed by atoms with Gasteiger partial charge in [0.15, 0.2) is 0 Å². The number of hydrogen-bond acceptors (Lipinski definition) is 2. The van der Waals surface area contributed by atoms with Crippen molar-refractivity contribution >= 4 is 17.5 Å². The Labute approximate surface area is 142 Å². The zero-order valence-corrected chi connectivity index (χ0v) is 14.1. The highest BCUT2D eigenvalue weighted by Crippen LogP contribution is 2.27. The van der Waals surface area contributed by atoms with Crippen molar-refractivity contribution in [2.24, 2.45) is 5.92 Å². The van der Waals surface area contributed by atoms with E-state index in [1.165, 1.54) is 5.56 Å². The van der Waals surface area contributed by atoms with E-state index >= 15 is 0 Å². The lowest BCUT2D eigenvalue weighted by Gasteiger charge is -2.18. The Bertz CT molecular complexity index is 755. The molecule has 1 fully saturated rings. The molecule has 1 aliphatic heterocycles. The van der Waals surface area contributed by atoms with Crippen molar-refractivity contribution < 1.29 is 9.59 Å². The highest BCUT2D eigenvalue weighted by Gasteiger charge is 2.35. The van der Waals surface area contributed by atoms with Crippen LogP contribution in [-0.4, -0.2) is 18.4 Å². The largest absolute Gasteiger partial charge is 0.352 e. The third-order valence-electron chi connectivity index (χ3n) is 4.61. The molecule has 0 aliphatic carbocycles. The second kappa shape index (κ2) is 6.87. The summed E-state index contributed by atoms with van der Waals surface area (Å²) in [5, 5.41) is 2.94. The Morgan fingerprint density at radius 2 is 1.88 bits per heavy atom. The SMILES string of the molecule is Cc1ccc(N2C[C@@H](C(=O)NCc3ccccc3)CC2=O)cc1C. The van der Waals surface area contributed by atoms with Gasteiger partial charge in [-0.3, -0.25) is 9.59 Å². The van der Waals surface area contributed by atoms with Gasteiger partial charge in [-0.15, -0.1) is 0 Å². The molecule has 124 valence electrons. The summed E-state index contributed by atoms with van der Waals surface area (Å²) in [5.74, 6) is -0.334. The van der Waals surface area contributed by atoms with Crippen LogP contribution >= 0.6 is 0 Å². The van der Waals surface area contributed by atoms with E-state index in [-0.39, 0.29) is 24.2 Å². The molecule has 24 heavy (non-hydrogen) atoms. The average Bonchev–Trinajstić information content (AvgIpc) is 2.98. The number of amides is 2. The highest BCUT2D eigenvalue weighted by molar-refractivity contribution is 6.00. The number of carbonyl (C=O) groups excluding carboxylic acids is 2. The zero-order valence-electron chi connectivity index (χ0n) is 14.1. The summed E-state index contributed by atoms with van der Waals surface area (Å²) in [6.07, 6.45) is 0.271. The molecule has 0 unspecified atom stereocenters. The van der Waals surface area contributed by atoms with Crippen LogP contribution in [0.25, 0.3) is 0 Å². The third-order valence-corrected chi connectivity index (χ3v) is 4.61. The maximum absolute atomic E-state index is 12.4. The maximum Gasteiger partial charge on any atom is 0.227 e. The van der Waals surface area contributed by atoms with Gasteiger partial charge in [0.2, 0.25) is 11.8 Å². The maximum atomic E-state index is 12.4. The van der Waals surface area contributed by atoms with Crippen LogP contribution in [0.15, 0.2) is 48.5 Å². The van der Waals surface area contributed by atoms with Crippen molar-refractivity contribution in [2.75, 3.05) is 11.4 Å². The number of nitrogens with zero attached hydrogens (tertiary/aromatic N) is 1. The van der Waals surface area contributed by atoms with Crippen molar-refractivity contribution in [1.29, 1.82) is 0 Å². The first-order chi connectivity index (χ1) is 11.5. The molecule has 1 atom stereocenters. The Balaban J connectivity index is 1.63. The predicted octanol–water partition coefficient (Wildman–Crippen LogP) is 2.97. The van der Waals surface area contributed by atoms with Crippen LogP contribution in [0.1, 0.15) is 23.1 Å². The van der Waals surface area contributed by atoms with Crippen LogP contribution < -0.4 is 10.2 Å². The van der Waals surface area contributed by atoms with Crippen molar-refractivity contribution in [1.82, 2.24) is 5.32 Å². The number of carbonyl (C=O) groups is 2. The molecule has 4 heteroatoms. The minimum absolute atomic E-state index is 0.0121. The number of hydrogen-bond donors (Lipinski definition) is 1. The van der Waals surface area contributed by atoms with Crippen LogP contribution in [-0.2, 0) is 16.1 Å². The van der Waals surface area contributed by atoms with Crippen molar-refractivity contribution in [3.8, 4) is 0 Å². The molecule has 1 aliphatic rings. The second-order valence-corrected chi connectivity index (χ2v) is 6.38. The van der Waals surface area contributed by atoms with E-state index in [2.05, 4.69) is 5.32 Å². The first kappa shape index (κ1) is 16.2. The van der Waals surface area contributed by atoms with Crippen LogP contribution in [0.2, 0.25) is 0 Å². The number of benzene rings is 2. The molecule has 1 N–H and O–H groups in total.